The minimum Gasteiger partial charge on any atom is -0.497 e. The van der Waals surface area contributed by atoms with E-state index in [2.05, 4.69) is 38.2 Å². The van der Waals surface area contributed by atoms with Crippen molar-refractivity contribution in [1.29, 1.82) is 5.26 Å². The zero-order valence-electron chi connectivity index (χ0n) is 12.8. The van der Waals surface area contributed by atoms with Gasteiger partial charge in [-0.05, 0) is 29.7 Å². The van der Waals surface area contributed by atoms with Crippen LogP contribution in [0.5, 0.6) is 5.75 Å². The number of ether oxygens (including phenoxy) is 1. The van der Waals surface area contributed by atoms with Crippen LogP contribution < -0.4 is 10.1 Å². The SMILES string of the molecule is COc1cccc(NC(C#N)c2ccc(C(C)(C)C)s2)c1. The quantitative estimate of drug-likeness (QED) is 0.887. The second-order valence-corrected chi connectivity index (χ2v) is 7.01. The molecular weight excluding hydrogens is 280 g/mol. The van der Waals surface area contributed by atoms with Crippen molar-refractivity contribution in [3.05, 3.63) is 46.2 Å². The number of rotatable bonds is 4. The van der Waals surface area contributed by atoms with Gasteiger partial charge in [-0.15, -0.1) is 11.3 Å². The van der Waals surface area contributed by atoms with Crippen molar-refractivity contribution in [1.82, 2.24) is 0 Å². The van der Waals surface area contributed by atoms with Crippen LogP contribution in [0, 0.1) is 11.3 Å². The third-order valence-corrected chi connectivity index (χ3v) is 4.74. The first kappa shape index (κ1) is 15.4. The molecule has 0 amide bonds. The maximum Gasteiger partial charge on any atom is 0.149 e. The number of nitrogens with zero attached hydrogens (tertiary/aromatic N) is 1. The molecule has 1 aromatic carbocycles. The molecule has 2 rings (SSSR count). The van der Waals surface area contributed by atoms with Gasteiger partial charge in [-0.3, -0.25) is 0 Å². The van der Waals surface area contributed by atoms with Crippen molar-refractivity contribution in [3.63, 3.8) is 0 Å². The summed E-state index contributed by atoms with van der Waals surface area (Å²) in [5, 5.41) is 12.7. The Bertz CT molecular complexity index is 649. The van der Waals surface area contributed by atoms with Crippen molar-refractivity contribution >= 4 is 17.0 Å². The van der Waals surface area contributed by atoms with Crippen LogP contribution in [0.1, 0.15) is 36.6 Å². The van der Waals surface area contributed by atoms with Gasteiger partial charge in [0.1, 0.15) is 11.8 Å². The fraction of sp³-hybridized carbons (Fsp3) is 0.353. The van der Waals surface area contributed by atoms with Gasteiger partial charge < -0.3 is 10.1 Å². The molecule has 1 N–H and O–H groups in total. The number of hydrogen-bond acceptors (Lipinski definition) is 4. The number of nitrogens with one attached hydrogen (secondary N) is 1. The van der Waals surface area contributed by atoms with Crippen molar-refractivity contribution in [3.8, 4) is 11.8 Å². The molecule has 2 aromatic rings. The molecule has 0 aliphatic heterocycles. The number of benzene rings is 1. The van der Waals surface area contributed by atoms with Gasteiger partial charge in [-0.1, -0.05) is 26.8 Å². The van der Waals surface area contributed by atoms with Crippen molar-refractivity contribution in [2.24, 2.45) is 0 Å². The van der Waals surface area contributed by atoms with E-state index in [1.165, 1.54) is 4.88 Å². The Kier molecular flexibility index (Phi) is 4.54. The van der Waals surface area contributed by atoms with Crippen LogP contribution >= 0.6 is 11.3 Å². The highest BCUT2D eigenvalue weighted by atomic mass is 32.1. The van der Waals surface area contributed by atoms with E-state index in [0.29, 0.717) is 0 Å². The molecule has 0 fully saturated rings. The van der Waals surface area contributed by atoms with Gasteiger partial charge >= 0.3 is 0 Å². The van der Waals surface area contributed by atoms with Gasteiger partial charge in [-0.2, -0.15) is 5.26 Å². The highest BCUT2D eigenvalue weighted by Gasteiger charge is 2.19. The molecule has 1 unspecified atom stereocenters. The van der Waals surface area contributed by atoms with Gasteiger partial charge in [0, 0.05) is 21.5 Å². The molecule has 1 atom stereocenters. The largest absolute Gasteiger partial charge is 0.497 e. The molecule has 110 valence electrons. The van der Waals surface area contributed by atoms with Crippen molar-refractivity contribution < 1.29 is 4.74 Å². The summed E-state index contributed by atoms with van der Waals surface area (Å²) >= 11 is 1.69. The summed E-state index contributed by atoms with van der Waals surface area (Å²) in [6.45, 7) is 6.54. The summed E-state index contributed by atoms with van der Waals surface area (Å²) in [4.78, 5) is 2.32. The van der Waals surface area contributed by atoms with E-state index in [1.807, 2.05) is 30.3 Å². The van der Waals surface area contributed by atoms with Crippen molar-refractivity contribution in [2.75, 3.05) is 12.4 Å². The van der Waals surface area contributed by atoms with E-state index in [1.54, 1.807) is 18.4 Å². The average molecular weight is 300 g/mol. The molecule has 0 saturated carbocycles. The second-order valence-electron chi connectivity index (χ2n) is 5.89. The van der Waals surface area contributed by atoms with Gasteiger partial charge in [-0.25, -0.2) is 0 Å². The summed E-state index contributed by atoms with van der Waals surface area (Å²) in [5.41, 5.74) is 0.991. The zero-order chi connectivity index (χ0) is 15.5. The van der Waals surface area contributed by atoms with Gasteiger partial charge in [0.15, 0.2) is 0 Å². The van der Waals surface area contributed by atoms with Gasteiger partial charge in [0.2, 0.25) is 0 Å². The number of methoxy groups -OCH3 is 1. The molecule has 0 saturated heterocycles. The Morgan fingerprint density at radius 2 is 2.00 bits per heavy atom. The lowest BCUT2D eigenvalue weighted by Crippen LogP contribution is -2.08. The van der Waals surface area contributed by atoms with Crippen molar-refractivity contribution in [2.45, 2.75) is 32.2 Å². The predicted octanol–water partition coefficient (Wildman–Crippen LogP) is 4.73. The summed E-state index contributed by atoms with van der Waals surface area (Å²) in [7, 11) is 1.63. The highest BCUT2D eigenvalue weighted by molar-refractivity contribution is 7.12. The highest BCUT2D eigenvalue weighted by Crippen LogP contribution is 2.33. The molecule has 0 aliphatic carbocycles. The number of thiophene rings is 1. The van der Waals surface area contributed by atoms with E-state index in [9.17, 15) is 5.26 Å². The smallest absolute Gasteiger partial charge is 0.149 e. The standard InChI is InChI=1S/C17H20N2OS/c1-17(2,3)16-9-8-15(21-16)14(11-18)19-12-6-5-7-13(10-12)20-4/h5-10,14,19H,1-4H3. The minimum atomic E-state index is -0.349. The summed E-state index contributed by atoms with van der Waals surface area (Å²) in [6, 6.07) is 13.7. The fourth-order valence-electron chi connectivity index (χ4n) is 1.96. The Labute approximate surface area is 130 Å². The topological polar surface area (TPSA) is 45.0 Å². The normalized spacial score (nSPS) is 12.5. The number of anilines is 1. The lowest BCUT2D eigenvalue weighted by atomic mass is 9.95. The minimum absolute atomic E-state index is 0.110. The van der Waals surface area contributed by atoms with Crippen LogP contribution in [-0.4, -0.2) is 7.11 Å². The average Bonchev–Trinajstić information content (AvgIpc) is 2.94. The molecule has 0 radical (unpaired) electrons. The van der Waals surface area contributed by atoms with E-state index < -0.39 is 0 Å². The number of hydrogen-bond donors (Lipinski definition) is 1. The maximum atomic E-state index is 9.44. The molecule has 0 spiro atoms. The molecule has 21 heavy (non-hydrogen) atoms. The molecule has 1 heterocycles. The van der Waals surface area contributed by atoms with Crippen LogP contribution in [-0.2, 0) is 5.41 Å². The van der Waals surface area contributed by atoms with Crippen LogP contribution in [0.2, 0.25) is 0 Å². The second kappa shape index (κ2) is 6.19. The molecule has 0 aliphatic rings. The Morgan fingerprint density at radius 3 is 2.57 bits per heavy atom. The third-order valence-electron chi connectivity index (χ3n) is 3.16. The van der Waals surface area contributed by atoms with Crippen LogP contribution in [0.3, 0.4) is 0 Å². The lowest BCUT2D eigenvalue weighted by Gasteiger charge is -2.16. The first-order valence-corrected chi connectivity index (χ1v) is 7.66. The molecular formula is C17H20N2OS. The fourth-order valence-corrected chi connectivity index (χ4v) is 3.02. The van der Waals surface area contributed by atoms with E-state index in [4.69, 9.17) is 4.74 Å². The Balaban J connectivity index is 2.20. The Morgan fingerprint density at radius 1 is 1.24 bits per heavy atom. The molecule has 3 nitrogen and oxygen atoms in total. The van der Waals surface area contributed by atoms with Crippen LogP contribution in [0.25, 0.3) is 0 Å². The summed E-state index contributed by atoms with van der Waals surface area (Å²) < 4.78 is 5.20. The zero-order valence-corrected chi connectivity index (χ0v) is 13.6. The van der Waals surface area contributed by atoms with Crippen LogP contribution in [0.15, 0.2) is 36.4 Å². The third kappa shape index (κ3) is 3.77. The predicted molar refractivity (Wildman–Crippen MR) is 88.0 cm³/mol. The van der Waals surface area contributed by atoms with Gasteiger partial charge in [0.05, 0.1) is 13.2 Å². The molecule has 1 aromatic heterocycles. The molecule has 4 heteroatoms. The monoisotopic (exact) mass is 300 g/mol. The number of nitriles is 1. The first-order chi connectivity index (χ1) is 9.94. The van der Waals surface area contributed by atoms with E-state index >= 15 is 0 Å². The lowest BCUT2D eigenvalue weighted by molar-refractivity contribution is 0.415. The summed E-state index contributed by atoms with van der Waals surface area (Å²) in [5.74, 6) is 0.776. The first-order valence-electron chi connectivity index (χ1n) is 6.84. The van der Waals surface area contributed by atoms with Gasteiger partial charge in [0.25, 0.3) is 0 Å². The van der Waals surface area contributed by atoms with E-state index in [0.717, 1.165) is 16.3 Å². The van der Waals surface area contributed by atoms with E-state index in [-0.39, 0.29) is 11.5 Å². The maximum absolute atomic E-state index is 9.44. The molecule has 0 bridgehead atoms. The van der Waals surface area contributed by atoms with Crippen LogP contribution in [0.4, 0.5) is 5.69 Å². The summed E-state index contributed by atoms with van der Waals surface area (Å²) in [6.07, 6.45) is 0. The Hall–Kier alpha value is -1.99.